The van der Waals surface area contributed by atoms with Gasteiger partial charge in [-0.1, -0.05) is 34.1 Å². The number of hydrogen-bond acceptors (Lipinski definition) is 2. The topological polar surface area (TPSA) is 35.8 Å². The first-order valence-corrected chi connectivity index (χ1v) is 5.95. The van der Waals surface area contributed by atoms with Crippen molar-refractivity contribution in [2.24, 2.45) is 0 Å². The minimum absolute atomic E-state index is 0.641. The van der Waals surface area contributed by atoms with E-state index in [1.54, 1.807) is 0 Å². The average Bonchev–Trinajstić information content (AvgIpc) is 2.25. The predicted molar refractivity (Wildman–Crippen MR) is 65.6 cm³/mol. The molecule has 0 spiro atoms. The molecule has 1 aromatic rings. The fourth-order valence-corrected chi connectivity index (χ4v) is 1.82. The average molecular weight is 267 g/mol. The van der Waals surface area contributed by atoms with Crippen LogP contribution in [-0.2, 0) is 6.42 Å². The standard InChI is InChI=1S/C12H15BrN2/c13-12-6-2-1-5-11(12)7-10-15-9-4-3-8-14/h1-2,5-6,15H,3-4,7,9-10H2. The van der Waals surface area contributed by atoms with Crippen molar-refractivity contribution in [1.29, 1.82) is 5.26 Å². The second-order valence-corrected chi connectivity index (χ2v) is 4.21. The Bertz CT molecular complexity index is 331. The lowest BCUT2D eigenvalue weighted by Gasteiger charge is -2.05. The fraction of sp³-hybridized carbons (Fsp3) is 0.417. The molecule has 2 nitrogen and oxygen atoms in total. The molecular formula is C12H15BrN2. The van der Waals surface area contributed by atoms with Crippen LogP contribution in [-0.4, -0.2) is 13.1 Å². The van der Waals surface area contributed by atoms with Gasteiger partial charge in [-0.25, -0.2) is 0 Å². The van der Waals surface area contributed by atoms with Gasteiger partial charge in [-0.3, -0.25) is 0 Å². The van der Waals surface area contributed by atoms with E-state index in [1.165, 1.54) is 10.0 Å². The van der Waals surface area contributed by atoms with Crippen molar-refractivity contribution >= 4 is 15.9 Å². The van der Waals surface area contributed by atoms with Crippen molar-refractivity contribution in [3.63, 3.8) is 0 Å². The molecule has 0 bridgehead atoms. The summed E-state index contributed by atoms with van der Waals surface area (Å²) in [5, 5.41) is 11.7. The summed E-state index contributed by atoms with van der Waals surface area (Å²) in [4.78, 5) is 0. The molecule has 0 aromatic heterocycles. The molecule has 0 aliphatic rings. The normalized spacial score (nSPS) is 9.87. The molecular weight excluding hydrogens is 252 g/mol. The molecule has 0 fully saturated rings. The van der Waals surface area contributed by atoms with Crippen molar-refractivity contribution in [3.05, 3.63) is 34.3 Å². The van der Waals surface area contributed by atoms with Crippen LogP contribution >= 0.6 is 15.9 Å². The number of benzene rings is 1. The third-order valence-corrected chi connectivity index (χ3v) is 2.94. The van der Waals surface area contributed by atoms with Gasteiger partial charge in [-0.15, -0.1) is 0 Å². The van der Waals surface area contributed by atoms with Crippen LogP contribution in [0, 0.1) is 11.3 Å². The Labute approximate surface area is 99.4 Å². The monoisotopic (exact) mass is 266 g/mol. The summed E-state index contributed by atoms with van der Waals surface area (Å²) < 4.78 is 1.17. The summed E-state index contributed by atoms with van der Waals surface area (Å²) >= 11 is 3.52. The number of unbranched alkanes of at least 4 members (excludes halogenated alkanes) is 1. The number of nitrogens with one attached hydrogen (secondary N) is 1. The maximum absolute atomic E-state index is 8.35. The summed E-state index contributed by atoms with van der Waals surface area (Å²) in [5.41, 5.74) is 1.32. The summed E-state index contributed by atoms with van der Waals surface area (Å²) in [6.07, 6.45) is 2.60. The molecule has 1 rings (SSSR count). The Morgan fingerprint density at radius 1 is 1.27 bits per heavy atom. The molecule has 0 heterocycles. The fourth-order valence-electron chi connectivity index (χ4n) is 1.34. The van der Waals surface area contributed by atoms with Gasteiger partial charge in [-0.05, 0) is 37.6 Å². The molecule has 0 aliphatic heterocycles. The Morgan fingerprint density at radius 3 is 2.80 bits per heavy atom. The van der Waals surface area contributed by atoms with E-state index in [0.717, 1.165) is 25.9 Å². The summed E-state index contributed by atoms with van der Waals surface area (Å²) in [6, 6.07) is 10.4. The van der Waals surface area contributed by atoms with E-state index in [1.807, 2.05) is 6.07 Å². The van der Waals surface area contributed by atoms with Crippen molar-refractivity contribution < 1.29 is 0 Å². The molecule has 3 heteroatoms. The van der Waals surface area contributed by atoms with E-state index >= 15 is 0 Å². The molecule has 0 saturated heterocycles. The summed E-state index contributed by atoms with van der Waals surface area (Å²) in [5.74, 6) is 0. The van der Waals surface area contributed by atoms with Gasteiger partial charge in [0.05, 0.1) is 6.07 Å². The first kappa shape index (κ1) is 12.2. The van der Waals surface area contributed by atoms with Crippen LogP contribution in [0.25, 0.3) is 0 Å². The van der Waals surface area contributed by atoms with Crippen LogP contribution in [0.3, 0.4) is 0 Å². The van der Waals surface area contributed by atoms with Gasteiger partial charge >= 0.3 is 0 Å². The number of halogens is 1. The highest BCUT2D eigenvalue weighted by Crippen LogP contribution is 2.15. The Hall–Kier alpha value is -0.850. The van der Waals surface area contributed by atoms with Crippen molar-refractivity contribution in [1.82, 2.24) is 5.32 Å². The SMILES string of the molecule is N#CCCCNCCc1ccccc1Br. The van der Waals surface area contributed by atoms with Crippen molar-refractivity contribution in [2.45, 2.75) is 19.3 Å². The molecule has 0 saturated carbocycles. The van der Waals surface area contributed by atoms with E-state index in [-0.39, 0.29) is 0 Å². The third kappa shape index (κ3) is 4.96. The molecule has 15 heavy (non-hydrogen) atoms. The lowest BCUT2D eigenvalue weighted by atomic mass is 10.1. The van der Waals surface area contributed by atoms with Gasteiger partial charge in [0.15, 0.2) is 0 Å². The van der Waals surface area contributed by atoms with E-state index in [0.29, 0.717) is 6.42 Å². The highest BCUT2D eigenvalue weighted by molar-refractivity contribution is 9.10. The Kier molecular flexibility index (Phi) is 6.06. The van der Waals surface area contributed by atoms with Crippen molar-refractivity contribution in [2.75, 3.05) is 13.1 Å². The smallest absolute Gasteiger partial charge is 0.0622 e. The molecule has 80 valence electrons. The maximum Gasteiger partial charge on any atom is 0.0622 e. The second-order valence-electron chi connectivity index (χ2n) is 3.35. The largest absolute Gasteiger partial charge is 0.316 e. The van der Waals surface area contributed by atoms with Crippen LogP contribution in [0.2, 0.25) is 0 Å². The highest BCUT2D eigenvalue weighted by Gasteiger charge is 1.97. The quantitative estimate of drug-likeness (QED) is 0.804. The molecule has 0 radical (unpaired) electrons. The van der Waals surface area contributed by atoms with Crippen LogP contribution in [0.1, 0.15) is 18.4 Å². The zero-order valence-corrected chi connectivity index (χ0v) is 10.3. The molecule has 0 amide bonds. The second kappa shape index (κ2) is 7.44. The lowest BCUT2D eigenvalue weighted by molar-refractivity contribution is 0.654. The third-order valence-electron chi connectivity index (χ3n) is 2.17. The minimum Gasteiger partial charge on any atom is -0.316 e. The minimum atomic E-state index is 0.641. The molecule has 1 aromatic carbocycles. The van der Waals surface area contributed by atoms with Crippen molar-refractivity contribution in [3.8, 4) is 6.07 Å². The summed E-state index contributed by atoms with van der Waals surface area (Å²) in [6.45, 7) is 1.89. The lowest BCUT2D eigenvalue weighted by Crippen LogP contribution is -2.18. The Balaban J connectivity index is 2.16. The first-order valence-electron chi connectivity index (χ1n) is 5.15. The van der Waals surface area contributed by atoms with E-state index in [2.05, 4.69) is 45.5 Å². The maximum atomic E-state index is 8.35. The van der Waals surface area contributed by atoms with E-state index < -0.39 is 0 Å². The van der Waals surface area contributed by atoms with Gasteiger partial charge in [0, 0.05) is 10.9 Å². The first-order chi connectivity index (χ1) is 7.34. The van der Waals surface area contributed by atoms with Gasteiger partial charge in [-0.2, -0.15) is 5.26 Å². The van der Waals surface area contributed by atoms with Gasteiger partial charge in [0.25, 0.3) is 0 Å². The predicted octanol–water partition coefficient (Wildman–Crippen LogP) is 2.88. The van der Waals surface area contributed by atoms with E-state index in [9.17, 15) is 0 Å². The van der Waals surface area contributed by atoms with Gasteiger partial charge < -0.3 is 5.32 Å². The molecule has 0 unspecified atom stereocenters. The molecule has 0 atom stereocenters. The number of hydrogen-bond donors (Lipinski definition) is 1. The highest BCUT2D eigenvalue weighted by atomic mass is 79.9. The van der Waals surface area contributed by atoms with Gasteiger partial charge in [0.2, 0.25) is 0 Å². The zero-order chi connectivity index (χ0) is 10.9. The molecule has 1 N–H and O–H groups in total. The summed E-state index contributed by atoms with van der Waals surface area (Å²) in [7, 11) is 0. The van der Waals surface area contributed by atoms with Crippen LogP contribution in [0.4, 0.5) is 0 Å². The number of rotatable bonds is 6. The Morgan fingerprint density at radius 2 is 2.07 bits per heavy atom. The molecule has 0 aliphatic carbocycles. The van der Waals surface area contributed by atoms with Crippen LogP contribution < -0.4 is 5.32 Å². The van der Waals surface area contributed by atoms with Gasteiger partial charge in [0.1, 0.15) is 0 Å². The number of nitrogens with zero attached hydrogens (tertiary/aromatic N) is 1. The van der Waals surface area contributed by atoms with Crippen LogP contribution in [0.15, 0.2) is 28.7 Å². The number of nitriles is 1. The van der Waals surface area contributed by atoms with Crippen LogP contribution in [0.5, 0.6) is 0 Å². The van der Waals surface area contributed by atoms with E-state index in [4.69, 9.17) is 5.26 Å². The zero-order valence-electron chi connectivity index (χ0n) is 8.67.